The fourth-order valence-corrected chi connectivity index (χ4v) is 21.5. The summed E-state index contributed by atoms with van der Waals surface area (Å²) in [7, 11) is -6.36. The molecule has 9 aromatic carbocycles. The van der Waals surface area contributed by atoms with Gasteiger partial charge in [-0.05, 0) is 139 Å². The van der Waals surface area contributed by atoms with Gasteiger partial charge in [0.05, 0.1) is 129 Å². The van der Waals surface area contributed by atoms with Crippen LogP contribution in [0.25, 0.3) is 110 Å². The number of halogens is 12. The number of hydrogen-bond acceptors (Lipinski definition) is 20. The molecule has 11 aromatic heterocycles. The summed E-state index contributed by atoms with van der Waals surface area (Å²) >= 11 is 24.9. The largest absolute Gasteiger partial charge is 0.477 e. The monoisotopic (exact) mass is 2170 g/mol. The van der Waals surface area contributed by atoms with Crippen molar-refractivity contribution in [2.75, 3.05) is 17.7 Å². The number of alkyl halides is 6. The fourth-order valence-electron chi connectivity index (χ4n) is 16.6. The number of aromatic nitrogens is 12. The number of aromatic amines is 4. The number of sulfonamides is 1. The number of rotatable bonds is 18. The third kappa shape index (κ3) is 18.9. The Hall–Kier alpha value is -15.4. The Bertz CT molecular complexity index is 9390. The summed E-state index contributed by atoms with van der Waals surface area (Å²) in [5.74, 6) is -7.45. The van der Waals surface area contributed by atoms with Gasteiger partial charge in [0.15, 0.2) is 27.0 Å². The van der Waals surface area contributed by atoms with Crippen molar-refractivity contribution in [1.29, 1.82) is 0 Å². The highest BCUT2D eigenvalue weighted by molar-refractivity contribution is 9.10. The molecule has 1 amide bonds. The van der Waals surface area contributed by atoms with Gasteiger partial charge in [0.25, 0.3) is 28.1 Å². The third-order valence-electron chi connectivity index (χ3n) is 22.8. The zero-order chi connectivity index (χ0) is 103. The summed E-state index contributed by atoms with van der Waals surface area (Å²) in [4.78, 5) is 168. The van der Waals surface area contributed by atoms with Crippen molar-refractivity contribution in [3.63, 3.8) is 0 Å². The normalized spacial score (nSPS) is 11.9. The number of aryl methyl sites for hydroxylation is 1. The highest BCUT2D eigenvalue weighted by atomic mass is 79.9. The van der Waals surface area contributed by atoms with Crippen molar-refractivity contribution < 1.29 is 81.4 Å². The van der Waals surface area contributed by atoms with E-state index in [4.69, 9.17) is 40.5 Å². The van der Waals surface area contributed by atoms with Gasteiger partial charge in [0.1, 0.15) is 28.8 Å². The molecule has 0 fully saturated rings. The maximum absolute atomic E-state index is 14.7. The predicted octanol–water partition coefficient (Wildman–Crippen LogP) is 16.8. The van der Waals surface area contributed by atoms with Crippen LogP contribution in [0.4, 0.5) is 40.8 Å². The SMILES string of the molecule is CS(=O)(=O)NC(=O)c1c(-n2c(=O)[nH]c3cscc3c2=O)c2cc(Cl)ccc2n1Cc1cccc(N)c1.Cn1c(C(=O)CS(=O)(=O)c2ccccc2)c(-n2c(=O)[nH]c3ccccc3c2=O)c2cc(Br)ccc21.O=C(O)c1c(-n2c(=O)[nH]c3cscc3c2=O)c2cc(C(F)(F)F)ccc2n1Cc1cc(Cl)ccc1F.O=C(O)c1c(-n2c(=O)[nH]c3cscc3c2=O)c2cc(C(F)(F)F)ccc2n1Cc1cccc(Cl)c1F. The van der Waals surface area contributed by atoms with E-state index in [9.17, 15) is 120 Å². The maximum atomic E-state index is 14.7. The van der Waals surface area contributed by atoms with Gasteiger partial charge in [-0.15, -0.1) is 34.0 Å². The summed E-state index contributed by atoms with van der Waals surface area (Å²) in [5, 5.41) is 30.2. The lowest BCUT2D eigenvalue weighted by Gasteiger charge is -2.13. The average molecular weight is 2170 g/mol. The van der Waals surface area contributed by atoms with Crippen LogP contribution in [0.1, 0.15) is 69.8 Å². The number of thiophene rings is 3. The topological polar surface area (TPSA) is 454 Å². The summed E-state index contributed by atoms with van der Waals surface area (Å²) in [6.45, 7) is -0.824. The van der Waals surface area contributed by atoms with Crippen LogP contribution in [-0.2, 0) is 58.9 Å². The molecule has 0 aliphatic carbocycles. The third-order valence-corrected chi connectivity index (χ3v) is 28.4. The van der Waals surface area contributed by atoms with Gasteiger partial charge in [-0.1, -0.05) is 105 Å². The standard InChI is InChI=1S/C25H18BrN3O5S.2C23H12ClF4N3O4S.C23H18ClN5O5S2/c1-28-20-12-11-15(26)13-18(20)22(29-24(31)17-9-5-6-10-19(17)27-25(29)32)23(28)21(30)14-35(33,34)16-7-3-2-4-8-16;24-12-2-3-15(25)10(5-12)7-30-17-4-1-11(23(26,27)28)6-13(17)18(19(30)21(33)34)31-20(32)14-8-36-9-16(14)29-22(31)35;24-14-3-1-2-10(17(14)25)7-30-16-5-4-11(23(26,27)28)6-12(16)18(19(30)21(33)34)31-20(32)13-8-36-9-15(13)29-22(31)35;1-36(33,34)27-21(30)20-19(29-22(31)16-10-35-11-17(16)26-23(29)32)15-8-13(24)5-6-18(15)28(20)9-12-3-2-4-14(25)7-12/h2-13H,14H2,1H3,(H,27,32);2*1-6,8-9H,7H2,(H,29,35)(H,33,34);2-8,10-11H,9,25H2,1H3,(H,26,32)(H,27,30). The highest BCUT2D eigenvalue weighted by Gasteiger charge is 2.39. The lowest BCUT2D eigenvalue weighted by atomic mass is 10.1. The minimum atomic E-state index is -4.80. The van der Waals surface area contributed by atoms with Gasteiger partial charge in [0.2, 0.25) is 10.0 Å². The molecular formula is C94H60BrCl3F8N14O18S5. The first-order chi connectivity index (χ1) is 67.7. The molecule has 0 unspecified atom stereocenters. The molecule has 0 saturated heterocycles. The number of aromatic carboxylic acids is 2. The molecule has 9 N–H and O–H groups in total. The lowest BCUT2D eigenvalue weighted by molar-refractivity contribution is -0.138. The number of carboxylic acids is 2. The van der Waals surface area contributed by atoms with Crippen LogP contribution in [0.5, 0.6) is 0 Å². The second-order valence-electron chi connectivity index (χ2n) is 31.8. The number of para-hydroxylation sites is 1. The molecule has 0 bridgehead atoms. The number of fused-ring (bicyclic) bond motifs is 8. The van der Waals surface area contributed by atoms with Gasteiger partial charge < -0.3 is 54.2 Å². The number of benzene rings is 9. The minimum absolute atomic E-state index is 0.0112. The van der Waals surface area contributed by atoms with Crippen LogP contribution in [-0.4, -0.2) is 119 Å². The molecule has 728 valence electrons. The van der Waals surface area contributed by atoms with Gasteiger partial charge >= 0.3 is 47.1 Å². The number of nitrogens with two attached hydrogens (primary N) is 1. The van der Waals surface area contributed by atoms with E-state index < -0.39 is 165 Å². The molecule has 0 atom stereocenters. The Morgan fingerprint density at radius 3 is 1.37 bits per heavy atom. The van der Waals surface area contributed by atoms with E-state index in [1.165, 1.54) is 90.5 Å². The maximum Gasteiger partial charge on any atom is 0.416 e. The molecule has 143 heavy (non-hydrogen) atoms. The quantitative estimate of drug-likeness (QED) is 0.0225. The first kappa shape index (κ1) is 99.1. The highest BCUT2D eigenvalue weighted by Crippen LogP contribution is 2.41. The van der Waals surface area contributed by atoms with E-state index in [1.807, 2.05) is 4.72 Å². The predicted molar refractivity (Wildman–Crippen MR) is 530 cm³/mol. The number of carbonyl (C=O) groups excluding carboxylic acids is 2. The number of hydrogen-bond donors (Lipinski definition) is 8. The molecule has 0 saturated carbocycles. The Morgan fingerprint density at radius 1 is 0.441 bits per heavy atom. The molecule has 0 radical (unpaired) electrons. The number of nitrogens with one attached hydrogen (secondary N) is 5. The average Bonchev–Trinajstić information content (AvgIpc) is 1.58. The van der Waals surface area contributed by atoms with Gasteiger partial charge in [-0.25, -0.2) is 77.4 Å². The molecule has 0 aliphatic heterocycles. The van der Waals surface area contributed by atoms with Crippen molar-refractivity contribution >= 4 is 221 Å². The summed E-state index contributed by atoms with van der Waals surface area (Å²) < 4.78 is 171. The molecule has 20 aromatic rings. The van der Waals surface area contributed by atoms with E-state index in [-0.39, 0.29) is 110 Å². The minimum Gasteiger partial charge on any atom is -0.477 e. The summed E-state index contributed by atoms with van der Waals surface area (Å²) in [6, 6.07) is 43.5. The van der Waals surface area contributed by atoms with Crippen LogP contribution < -0.4 is 55.5 Å². The van der Waals surface area contributed by atoms with Crippen molar-refractivity contribution in [3.8, 4) is 22.7 Å². The van der Waals surface area contributed by atoms with Gasteiger partial charge in [-0.2, -0.15) is 26.3 Å². The van der Waals surface area contributed by atoms with E-state index >= 15 is 0 Å². The Kier molecular flexibility index (Phi) is 26.5. The van der Waals surface area contributed by atoms with E-state index in [2.05, 4.69) is 35.9 Å². The summed E-state index contributed by atoms with van der Waals surface area (Å²) in [6.07, 6.45) is -8.77. The molecule has 20 rings (SSSR count). The number of ketones is 1. The molecular weight excluding hydrogens is 2110 g/mol. The zero-order valence-electron chi connectivity index (χ0n) is 72.3. The van der Waals surface area contributed by atoms with Crippen LogP contribution >= 0.6 is 84.7 Å². The first-order valence-electron chi connectivity index (χ1n) is 41.1. The fraction of sp³-hybridized carbons (Fsp3) is 0.0851. The van der Waals surface area contributed by atoms with E-state index in [1.54, 1.807) is 115 Å². The van der Waals surface area contributed by atoms with Crippen molar-refractivity contribution in [2.24, 2.45) is 7.05 Å². The number of sulfone groups is 1. The molecule has 0 spiro atoms. The van der Waals surface area contributed by atoms with Crippen LogP contribution in [0.2, 0.25) is 15.1 Å². The van der Waals surface area contributed by atoms with Crippen molar-refractivity contribution in [2.45, 2.75) is 36.9 Å². The second kappa shape index (κ2) is 38.2. The molecule has 32 nitrogen and oxygen atoms in total. The Labute approximate surface area is 827 Å². The van der Waals surface area contributed by atoms with Gasteiger partial charge in [0, 0.05) is 98.7 Å². The van der Waals surface area contributed by atoms with Crippen LogP contribution in [0, 0.1) is 11.6 Å². The zero-order valence-corrected chi connectivity index (χ0v) is 80.3. The number of H-pyrrole nitrogens is 4. The van der Waals surface area contributed by atoms with Gasteiger partial charge in [-0.3, -0.25) is 28.8 Å². The van der Waals surface area contributed by atoms with Crippen LogP contribution in [0.3, 0.4) is 0 Å². The lowest BCUT2D eigenvalue weighted by Crippen LogP contribution is -2.37. The number of carboxylic acid groups (broad SMARTS) is 2. The molecule has 11 heterocycles. The second-order valence-corrected chi connectivity index (χ2v) is 40.0. The number of nitrogen functional groups attached to an aromatic ring is 1. The summed E-state index contributed by atoms with van der Waals surface area (Å²) in [5.41, 5.74) is -2.74. The number of nitrogens with zero attached hydrogens (tertiary/aromatic N) is 8. The Balaban J connectivity index is 0.000000131. The van der Waals surface area contributed by atoms with Crippen molar-refractivity contribution in [1.82, 2.24) is 61.2 Å². The molecule has 0 aliphatic rings. The number of Topliss-reactive ketones (excluding diaryl/α,β-unsaturated/α-hetero) is 1. The van der Waals surface area contributed by atoms with Crippen molar-refractivity contribution in [3.05, 3.63) is 385 Å². The number of amides is 1. The number of carbonyl (C=O) groups is 4. The van der Waals surface area contributed by atoms with E-state index in [0.29, 0.717) is 74.9 Å². The number of anilines is 1. The Morgan fingerprint density at radius 2 is 0.867 bits per heavy atom. The smallest absolute Gasteiger partial charge is 0.416 e. The first-order valence-corrected chi connectivity index (χ1v) is 49.4. The van der Waals surface area contributed by atoms with E-state index in [0.717, 1.165) is 77.5 Å². The molecule has 49 heteroatoms. The van der Waals surface area contributed by atoms with Crippen LogP contribution in [0.15, 0.2) is 268 Å².